The van der Waals surface area contributed by atoms with Gasteiger partial charge in [0.05, 0.1) is 23.8 Å². The molecule has 4 rings (SSSR count). The van der Waals surface area contributed by atoms with E-state index >= 15 is 0 Å². The summed E-state index contributed by atoms with van der Waals surface area (Å²) in [7, 11) is 1.62. The van der Waals surface area contributed by atoms with Crippen molar-refractivity contribution < 1.29 is 9.53 Å². The number of ether oxygens (including phenoxy) is 1. The maximum Gasteiger partial charge on any atom is 0.262 e. The molecule has 1 aromatic heterocycles. The fraction of sp³-hybridized carbons (Fsp3) is 0.375. The van der Waals surface area contributed by atoms with Crippen LogP contribution in [0.2, 0.25) is 0 Å². The van der Waals surface area contributed by atoms with Gasteiger partial charge in [0, 0.05) is 18.2 Å². The highest BCUT2D eigenvalue weighted by Gasteiger charge is 2.22. The van der Waals surface area contributed by atoms with E-state index in [0.717, 1.165) is 37.0 Å². The highest BCUT2D eigenvalue weighted by atomic mass is 32.2. The lowest BCUT2D eigenvalue weighted by Gasteiger charge is -2.26. The highest BCUT2D eigenvalue weighted by molar-refractivity contribution is 7.99. The number of hydrogen-bond acceptors (Lipinski definition) is 5. The molecule has 1 aliphatic carbocycles. The molecule has 0 aliphatic heterocycles. The molecule has 162 valence electrons. The van der Waals surface area contributed by atoms with Gasteiger partial charge in [-0.2, -0.15) is 0 Å². The zero-order chi connectivity index (χ0) is 21.6. The Morgan fingerprint density at radius 3 is 2.68 bits per heavy atom. The largest absolute Gasteiger partial charge is 0.496 e. The summed E-state index contributed by atoms with van der Waals surface area (Å²) >= 11 is 1.33. The quantitative estimate of drug-likeness (QED) is 0.440. The molecule has 0 bridgehead atoms. The maximum atomic E-state index is 13.3. The van der Waals surface area contributed by atoms with E-state index in [2.05, 4.69) is 5.32 Å². The van der Waals surface area contributed by atoms with Gasteiger partial charge in [0.15, 0.2) is 5.16 Å². The highest BCUT2D eigenvalue weighted by Crippen LogP contribution is 2.31. The first-order valence-corrected chi connectivity index (χ1v) is 11.7. The number of carbonyl (C=O) groups excluding carboxylic acids is 1. The number of para-hydroxylation sites is 2. The minimum absolute atomic E-state index is 0.00516. The number of rotatable bonds is 7. The fourth-order valence-corrected chi connectivity index (χ4v) is 5.01. The number of nitrogens with zero attached hydrogens (tertiary/aromatic N) is 2. The van der Waals surface area contributed by atoms with Crippen molar-refractivity contribution in [2.45, 2.75) is 49.8 Å². The van der Waals surface area contributed by atoms with Crippen LogP contribution in [0.25, 0.3) is 10.9 Å². The van der Waals surface area contributed by atoms with Gasteiger partial charge in [-0.05, 0) is 31.0 Å². The van der Waals surface area contributed by atoms with E-state index in [1.54, 1.807) is 7.11 Å². The average molecular weight is 438 g/mol. The second-order valence-electron chi connectivity index (χ2n) is 7.76. The van der Waals surface area contributed by atoms with E-state index in [4.69, 9.17) is 9.72 Å². The molecule has 7 heteroatoms. The van der Waals surface area contributed by atoms with Gasteiger partial charge in [0.1, 0.15) is 5.75 Å². The third kappa shape index (κ3) is 4.93. The average Bonchev–Trinajstić information content (AvgIpc) is 2.82. The molecule has 1 fully saturated rings. The second kappa shape index (κ2) is 10.0. The van der Waals surface area contributed by atoms with Gasteiger partial charge in [-0.25, -0.2) is 4.98 Å². The predicted molar refractivity (Wildman–Crippen MR) is 124 cm³/mol. The second-order valence-corrected chi connectivity index (χ2v) is 8.70. The van der Waals surface area contributed by atoms with Crippen molar-refractivity contribution in [1.82, 2.24) is 14.9 Å². The molecule has 6 nitrogen and oxygen atoms in total. The minimum atomic E-state index is -0.103. The smallest absolute Gasteiger partial charge is 0.262 e. The number of benzene rings is 2. The van der Waals surface area contributed by atoms with E-state index in [1.807, 2.05) is 53.1 Å². The van der Waals surface area contributed by atoms with Crippen LogP contribution in [0.5, 0.6) is 5.75 Å². The van der Waals surface area contributed by atoms with E-state index in [0.29, 0.717) is 22.6 Å². The van der Waals surface area contributed by atoms with E-state index in [9.17, 15) is 9.59 Å². The molecule has 31 heavy (non-hydrogen) atoms. The van der Waals surface area contributed by atoms with Crippen LogP contribution in [0.4, 0.5) is 0 Å². The molecule has 1 amide bonds. The first-order chi connectivity index (χ1) is 15.2. The fourth-order valence-electron chi connectivity index (χ4n) is 4.11. The van der Waals surface area contributed by atoms with Crippen molar-refractivity contribution in [3.63, 3.8) is 0 Å². The van der Waals surface area contributed by atoms with Crippen LogP contribution < -0.4 is 15.6 Å². The molecule has 1 saturated carbocycles. The summed E-state index contributed by atoms with van der Waals surface area (Å²) in [6.45, 7) is 0.393. The van der Waals surface area contributed by atoms with Crippen LogP contribution >= 0.6 is 11.8 Å². The first-order valence-electron chi connectivity index (χ1n) is 10.7. The lowest BCUT2D eigenvalue weighted by molar-refractivity contribution is -0.118. The number of carbonyl (C=O) groups is 1. The normalized spacial score (nSPS) is 14.5. The molecule has 0 saturated heterocycles. The van der Waals surface area contributed by atoms with E-state index < -0.39 is 0 Å². The first kappa shape index (κ1) is 21.4. The summed E-state index contributed by atoms with van der Waals surface area (Å²) in [5.41, 5.74) is 1.59. The summed E-state index contributed by atoms with van der Waals surface area (Å²) in [5, 5.41) is 4.20. The Kier molecular flexibility index (Phi) is 6.92. The number of aromatic nitrogens is 2. The molecule has 0 spiro atoms. The van der Waals surface area contributed by atoms with Crippen molar-refractivity contribution in [3.8, 4) is 5.75 Å². The van der Waals surface area contributed by atoms with E-state index in [1.165, 1.54) is 18.2 Å². The van der Waals surface area contributed by atoms with Crippen molar-refractivity contribution in [3.05, 3.63) is 64.4 Å². The third-order valence-electron chi connectivity index (χ3n) is 5.72. The summed E-state index contributed by atoms with van der Waals surface area (Å²) in [5.74, 6) is 0.846. The topological polar surface area (TPSA) is 73.2 Å². The summed E-state index contributed by atoms with van der Waals surface area (Å²) < 4.78 is 7.17. The molecule has 3 aromatic rings. The SMILES string of the molecule is COc1ccccc1CNC(=O)CSc1nc2ccccc2c(=O)n1C1CCCCC1. The Labute approximate surface area is 186 Å². The minimum Gasteiger partial charge on any atom is -0.496 e. The lowest BCUT2D eigenvalue weighted by atomic mass is 9.95. The van der Waals surface area contributed by atoms with Crippen LogP contribution in [0, 0.1) is 0 Å². The van der Waals surface area contributed by atoms with Crippen molar-refractivity contribution in [1.29, 1.82) is 0 Å². The van der Waals surface area contributed by atoms with E-state index in [-0.39, 0.29) is 23.3 Å². The molecule has 0 atom stereocenters. The Balaban J connectivity index is 1.52. The number of fused-ring (bicyclic) bond motifs is 1. The molecule has 1 aliphatic rings. The summed E-state index contributed by atoms with van der Waals surface area (Å²) in [6.07, 6.45) is 5.40. The van der Waals surface area contributed by atoms with Crippen LogP contribution in [0.1, 0.15) is 43.7 Å². The van der Waals surface area contributed by atoms with Gasteiger partial charge in [-0.1, -0.05) is 61.4 Å². The number of hydrogen-bond donors (Lipinski definition) is 1. The van der Waals surface area contributed by atoms with Crippen LogP contribution in [-0.4, -0.2) is 28.3 Å². The Morgan fingerprint density at radius 2 is 1.87 bits per heavy atom. The molecule has 1 heterocycles. The predicted octanol–water partition coefficient (Wildman–Crippen LogP) is 4.32. The van der Waals surface area contributed by atoms with Gasteiger partial charge in [-0.3, -0.25) is 14.2 Å². The van der Waals surface area contributed by atoms with Gasteiger partial charge in [0.2, 0.25) is 5.91 Å². The molecule has 1 N–H and O–H groups in total. The van der Waals surface area contributed by atoms with Gasteiger partial charge in [-0.15, -0.1) is 0 Å². The zero-order valence-electron chi connectivity index (χ0n) is 17.7. The van der Waals surface area contributed by atoms with Gasteiger partial charge < -0.3 is 10.1 Å². The standard InChI is InChI=1S/C24H27N3O3S/c1-30-21-14-8-5-9-17(21)15-25-22(28)16-31-24-26-20-13-7-6-12-19(20)23(29)27(24)18-10-3-2-4-11-18/h5-9,12-14,18H,2-4,10-11,15-16H2,1H3,(H,25,28). The van der Waals surface area contributed by atoms with Gasteiger partial charge >= 0.3 is 0 Å². The van der Waals surface area contributed by atoms with Crippen molar-refractivity contribution in [2.75, 3.05) is 12.9 Å². The molecule has 0 unspecified atom stereocenters. The monoisotopic (exact) mass is 437 g/mol. The Bertz CT molecular complexity index is 1120. The van der Waals surface area contributed by atoms with Crippen molar-refractivity contribution in [2.24, 2.45) is 0 Å². The molecular weight excluding hydrogens is 410 g/mol. The number of thioether (sulfide) groups is 1. The van der Waals surface area contributed by atoms with Crippen LogP contribution in [-0.2, 0) is 11.3 Å². The van der Waals surface area contributed by atoms with Crippen LogP contribution in [0.3, 0.4) is 0 Å². The zero-order valence-corrected chi connectivity index (χ0v) is 18.5. The third-order valence-corrected chi connectivity index (χ3v) is 6.67. The number of methoxy groups -OCH3 is 1. The summed E-state index contributed by atoms with van der Waals surface area (Å²) in [4.78, 5) is 30.6. The lowest BCUT2D eigenvalue weighted by Crippen LogP contribution is -2.30. The maximum absolute atomic E-state index is 13.3. The Morgan fingerprint density at radius 1 is 1.13 bits per heavy atom. The summed E-state index contributed by atoms with van der Waals surface area (Å²) in [6, 6.07) is 15.2. The number of nitrogens with one attached hydrogen (secondary N) is 1. The number of amides is 1. The molecule has 2 aromatic carbocycles. The molecular formula is C24H27N3O3S. The molecule has 0 radical (unpaired) electrons. The Hall–Kier alpha value is -2.80. The van der Waals surface area contributed by atoms with Gasteiger partial charge in [0.25, 0.3) is 5.56 Å². The van der Waals surface area contributed by atoms with Crippen LogP contribution in [0.15, 0.2) is 58.5 Å². The van der Waals surface area contributed by atoms with Crippen molar-refractivity contribution >= 4 is 28.6 Å².